The van der Waals surface area contributed by atoms with Crippen LogP contribution in [0, 0.1) is 9.81 Å². The maximum atomic E-state index is 9.42. The summed E-state index contributed by atoms with van der Waals surface area (Å²) < 4.78 is 0. The number of guanidine groups is 1. The Balaban J connectivity index is 3.68. The molecule has 7 nitrogen and oxygen atoms in total. The molecule has 0 radical (unpaired) electrons. The molecule has 2 N–H and O–H groups in total. The van der Waals surface area contributed by atoms with Crippen LogP contribution in [0.15, 0.2) is 15.6 Å². The Hall–Kier alpha value is -1.53. The molecule has 0 fully saturated rings. The summed E-state index contributed by atoms with van der Waals surface area (Å²) in [5.41, 5.74) is 3.70. The van der Waals surface area contributed by atoms with E-state index >= 15 is 0 Å². The van der Waals surface area contributed by atoms with E-state index in [9.17, 15) is 9.81 Å². The van der Waals surface area contributed by atoms with Gasteiger partial charge in [0.05, 0.1) is 10.6 Å². The van der Waals surface area contributed by atoms with Gasteiger partial charge in [-0.2, -0.15) is 0 Å². The molecule has 7 heteroatoms. The number of aliphatic imine (C=N–C) groups is 1. The Kier molecular flexibility index (Phi) is 3.84. The number of nitrogens with one attached hydrogen (secondary N) is 2. The molecule has 0 saturated carbocycles. The standard InChI is InChI=1S/C2H5N5O2/c1-3-2(4-6-8)5-7-9/h1H3,(H2,3,4,5,8,9). The molecule has 0 spiro atoms. The summed E-state index contributed by atoms with van der Waals surface area (Å²) in [5, 5.41) is 4.47. The molecule has 0 amide bonds. The zero-order valence-electron chi connectivity index (χ0n) is 4.66. The van der Waals surface area contributed by atoms with Crippen molar-refractivity contribution in [2.24, 2.45) is 15.6 Å². The van der Waals surface area contributed by atoms with Crippen molar-refractivity contribution in [1.29, 1.82) is 0 Å². The molecule has 50 valence electrons. The van der Waals surface area contributed by atoms with Crippen molar-refractivity contribution in [2.45, 2.75) is 0 Å². The molecular formula is C2H5N5O2. The van der Waals surface area contributed by atoms with Crippen molar-refractivity contribution >= 4 is 5.96 Å². The highest BCUT2D eigenvalue weighted by atomic mass is 16.3. The van der Waals surface area contributed by atoms with Crippen LogP contribution in [0.4, 0.5) is 0 Å². The fourth-order valence-corrected chi connectivity index (χ4v) is 0.211. The lowest BCUT2D eigenvalue weighted by Gasteiger charge is -1.93. The first kappa shape index (κ1) is 7.47. The van der Waals surface area contributed by atoms with E-state index in [4.69, 9.17) is 0 Å². The fourth-order valence-electron chi connectivity index (χ4n) is 0.211. The van der Waals surface area contributed by atoms with Gasteiger partial charge in [-0.1, -0.05) is 0 Å². The molecule has 0 aliphatic rings. The lowest BCUT2D eigenvalue weighted by Crippen LogP contribution is -2.29. The summed E-state index contributed by atoms with van der Waals surface area (Å²) in [6, 6.07) is 0. The third-order valence-electron chi connectivity index (χ3n) is 0.527. The van der Waals surface area contributed by atoms with Crippen LogP contribution in [-0.4, -0.2) is 13.0 Å². The first-order valence-electron chi connectivity index (χ1n) is 1.98. The van der Waals surface area contributed by atoms with E-state index in [1.807, 2.05) is 10.9 Å². The summed E-state index contributed by atoms with van der Waals surface area (Å²) in [6.07, 6.45) is 0. The van der Waals surface area contributed by atoms with E-state index in [0.29, 0.717) is 0 Å². The number of hydrogen-bond donors (Lipinski definition) is 2. The molecular weight excluding hydrogens is 126 g/mol. The Morgan fingerprint density at radius 1 is 1.22 bits per heavy atom. The van der Waals surface area contributed by atoms with Gasteiger partial charge in [0, 0.05) is 7.05 Å². The predicted molar refractivity (Wildman–Crippen MR) is 31.2 cm³/mol. The van der Waals surface area contributed by atoms with Crippen LogP contribution in [0.2, 0.25) is 0 Å². The third-order valence-corrected chi connectivity index (χ3v) is 0.527. The van der Waals surface area contributed by atoms with Gasteiger partial charge in [0.15, 0.2) is 0 Å². The van der Waals surface area contributed by atoms with Crippen LogP contribution in [-0.2, 0) is 0 Å². The minimum Gasteiger partial charge on any atom is -0.254 e. The van der Waals surface area contributed by atoms with Gasteiger partial charge in [-0.25, -0.2) is 10.9 Å². The maximum Gasteiger partial charge on any atom is 0.237 e. The highest BCUT2D eigenvalue weighted by Gasteiger charge is 1.90. The molecule has 0 rings (SSSR count). The molecule has 0 aromatic rings. The van der Waals surface area contributed by atoms with Crippen LogP contribution in [0.25, 0.3) is 0 Å². The van der Waals surface area contributed by atoms with E-state index in [1.165, 1.54) is 7.05 Å². The summed E-state index contributed by atoms with van der Waals surface area (Å²) >= 11 is 0. The summed E-state index contributed by atoms with van der Waals surface area (Å²) in [6.45, 7) is 0. The highest BCUT2D eigenvalue weighted by Crippen LogP contribution is 1.64. The highest BCUT2D eigenvalue weighted by molar-refractivity contribution is 5.78. The second kappa shape index (κ2) is 4.62. The van der Waals surface area contributed by atoms with Crippen LogP contribution < -0.4 is 10.9 Å². The van der Waals surface area contributed by atoms with Gasteiger partial charge in [0.1, 0.15) is 0 Å². The van der Waals surface area contributed by atoms with Crippen LogP contribution >= 0.6 is 0 Å². The van der Waals surface area contributed by atoms with E-state index in [0.717, 1.165) is 0 Å². The van der Waals surface area contributed by atoms with Gasteiger partial charge < -0.3 is 0 Å². The number of rotatable bonds is 2. The van der Waals surface area contributed by atoms with Gasteiger partial charge in [0.2, 0.25) is 5.96 Å². The molecule has 0 bridgehead atoms. The first-order valence-corrected chi connectivity index (χ1v) is 1.98. The van der Waals surface area contributed by atoms with Crippen molar-refractivity contribution in [3.8, 4) is 0 Å². The average Bonchev–Trinajstić information content (AvgIpc) is 1.88. The molecule has 0 aromatic heterocycles. The molecule has 0 unspecified atom stereocenters. The van der Waals surface area contributed by atoms with E-state index in [-0.39, 0.29) is 5.96 Å². The summed E-state index contributed by atoms with van der Waals surface area (Å²) in [5.74, 6) is -0.0833. The second-order valence-corrected chi connectivity index (χ2v) is 0.978. The normalized spacial score (nSPS) is 7.22. The molecule has 9 heavy (non-hydrogen) atoms. The van der Waals surface area contributed by atoms with Gasteiger partial charge in [-0.3, -0.25) is 4.99 Å². The smallest absolute Gasteiger partial charge is 0.237 e. The SMILES string of the molecule is CN=C(NN=O)NN=O. The zero-order valence-corrected chi connectivity index (χ0v) is 4.66. The van der Waals surface area contributed by atoms with Crippen molar-refractivity contribution in [3.63, 3.8) is 0 Å². The van der Waals surface area contributed by atoms with Crippen LogP contribution in [0.5, 0.6) is 0 Å². The van der Waals surface area contributed by atoms with Gasteiger partial charge in [-0.05, 0) is 0 Å². The van der Waals surface area contributed by atoms with E-state index < -0.39 is 0 Å². The summed E-state index contributed by atoms with van der Waals surface area (Å²) in [4.78, 5) is 22.2. The predicted octanol–water partition coefficient (Wildman–Crippen LogP) is -0.486. The topological polar surface area (TPSA) is 95.3 Å². The van der Waals surface area contributed by atoms with E-state index in [1.54, 1.807) is 0 Å². The molecule has 0 saturated heterocycles. The lowest BCUT2D eigenvalue weighted by atomic mass is 11.0. The Bertz CT molecular complexity index is 119. The van der Waals surface area contributed by atoms with Gasteiger partial charge in [0.25, 0.3) is 0 Å². The molecule has 0 aromatic carbocycles. The largest absolute Gasteiger partial charge is 0.254 e. The Morgan fingerprint density at radius 2 is 1.67 bits per heavy atom. The molecule has 0 heterocycles. The average molecular weight is 131 g/mol. The monoisotopic (exact) mass is 131 g/mol. The van der Waals surface area contributed by atoms with Gasteiger partial charge in [-0.15, -0.1) is 9.81 Å². The first-order chi connectivity index (χ1) is 4.35. The van der Waals surface area contributed by atoms with E-state index in [2.05, 4.69) is 15.6 Å². The second-order valence-electron chi connectivity index (χ2n) is 0.978. The van der Waals surface area contributed by atoms with Gasteiger partial charge >= 0.3 is 0 Å². The minimum atomic E-state index is -0.0833. The minimum absolute atomic E-state index is 0.0833. The fraction of sp³-hybridized carbons (Fsp3) is 0.500. The number of nitrogens with zero attached hydrogens (tertiary/aromatic N) is 3. The molecule has 0 atom stereocenters. The lowest BCUT2D eigenvalue weighted by molar-refractivity contribution is 0.881. The van der Waals surface area contributed by atoms with Crippen molar-refractivity contribution in [2.75, 3.05) is 7.05 Å². The zero-order chi connectivity index (χ0) is 7.11. The van der Waals surface area contributed by atoms with Crippen molar-refractivity contribution in [3.05, 3.63) is 9.81 Å². The maximum absolute atomic E-state index is 9.42. The van der Waals surface area contributed by atoms with Crippen LogP contribution in [0.1, 0.15) is 0 Å². The number of nitroso groups, excluding NO2 is 2. The van der Waals surface area contributed by atoms with Crippen molar-refractivity contribution in [1.82, 2.24) is 10.9 Å². The van der Waals surface area contributed by atoms with Crippen LogP contribution in [0.3, 0.4) is 0 Å². The number of hydrogen-bond acceptors (Lipinski definition) is 5. The summed E-state index contributed by atoms with van der Waals surface area (Å²) in [7, 11) is 1.37. The Labute approximate surface area is 50.4 Å². The van der Waals surface area contributed by atoms with Crippen molar-refractivity contribution < 1.29 is 0 Å². The third kappa shape index (κ3) is 3.09. The molecule has 0 aliphatic carbocycles. The Morgan fingerprint density at radius 3 is 1.89 bits per heavy atom. The molecule has 0 aliphatic heterocycles. The quantitative estimate of drug-likeness (QED) is 0.229.